The molecule has 1 saturated carbocycles. The third-order valence-electron chi connectivity index (χ3n) is 3.11. The van der Waals surface area contributed by atoms with Crippen LogP contribution in [0, 0.1) is 11.5 Å². The highest BCUT2D eigenvalue weighted by Gasteiger charge is 2.18. The van der Waals surface area contributed by atoms with Crippen LogP contribution >= 0.6 is 11.8 Å². The Labute approximate surface area is 128 Å². The molecule has 1 aromatic carbocycles. The van der Waals surface area contributed by atoms with Crippen LogP contribution in [0.1, 0.15) is 25.7 Å². The molecule has 3 heteroatoms. The van der Waals surface area contributed by atoms with Gasteiger partial charge in [-0.15, -0.1) is 5.54 Å². The van der Waals surface area contributed by atoms with Crippen LogP contribution in [-0.4, -0.2) is 18.4 Å². The number of nitrogens with zero attached hydrogens (tertiary/aromatic N) is 1. The molecule has 1 aliphatic rings. The predicted molar refractivity (Wildman–Crippen MR) is 94.5 cm³/mol. The first-order valence-electron chi connectivity index (χ1n) is 7.36. The number of hydrogen-bond acceptors (Lipinski definition) is 2. The van der Waals surface area contributed by atoms with Gasteiger partial charge < -0.3 is 0 Å². The summed E-state index contributed by atoms with van der Waals surface area (Å²) >= 11 is 1.89. The Bertz CT molecular complexity index is 513. The number of benzene rings is 1. The van der Waals surface area contributed by atoms with E-state index in [1.54, 1.807) is 0 Å². The van der Waals surface area contributed by atoms with Crippen LogP contribution in [0.3, 0.4) is 0 Å². The fraction of sp³-hybridized carbons (Fsp3) is 0.471. The van der Waals surface area contributed by atoms with Gasteiger partial charge >= 0.3 is 0 Å². The van der Waals surface area contributed by atoms with Gasteiger partial charge in [-0.25, -0.2) is 4.99 Å². The summed E-state index contributed by atoms with van der Waals surface area (Å²) in [5.41, 5.74) is 4.47. The van der Waals surface area contributed by atoms with Crippen molar-refractivity contribution in [3.8, 4) is 11.5 Å². The second-order valence-corrected chi connectivity index (χ2v) is 12.3. The molecule has 0 N–H and O–H groups in total. The van der Waals surface area contributed by atoms with E-state index in [9.17, 15) is 0 Å². The molecule has 0 aliphatic heterocycles. The predicted octanol–water partition coefficient (Wildman–Crippen LogP) is 5.27. The van der Waals surface area contributed by atoms with Crippen LogP contribution in [0.2, 0.25) is 19.6 Å². The fourth-order valence-corrected chi connectivity index (χ4v) is 3.85. The number of aliphatic imine (C=N–C) groups is 1. The van der Waals surface area contributed by atoms with E-state index in [2.05, 4.69) is 31.1 Å². The lowest BCUT2D eigenvalue weighted by molar-refractivity contribution is 0.886. The van der Waals surface area contributed by atoms with E-state index >= 15 is 0 Å². The highest BCUT2D eigenvalue weighted by atomic mass is 32.2. The van der Waals surface area contributed by atoms with Gasteiger partial charge in [0.2, 0.25) is 0 Å². The SMILES string of the molecule is C[Si](C)(C)C#CC(=Nc1ccccc1)SC1CCCC1. The third-order valence-corrected chi connectivity index (χ3v) is 5.21. The Morgan fingerprint density at radius 2 is 1.80 bits per heavy atom. The van der Waals surface area contributed by atoms with Crippen LogP contribution in [0.15, 0.2) is 35.3 Å². The maximum Gasteiger partial charge on any atom is 0.146 e. The standard InChI is InChI=1S/C17H23NSSi/c1-20(2,3)14-13-17(19-16-11-7-8-12-16)18-15-9-5-4-6-10-15/h4-6,9-10,16H,7-8,11-12H2,1-3H3. The molecular formula is C17H23NSSi. The lowest BCUT2D eigenvalue weighted by atomic mass is 10.3. The summed E-state index contributed by atoms with van der Waals surface area (Å²) in [6, 6.07) is 10.2. The van der Waals surface area contributed by atoms with E-state index in [1.807, 2.05) is 42.1 Å². The summed E-state index contributed by atoms with van der Waals surface area (Å²) in [6.07, 6.45) is 5.34. The minimum Gasteiger partial charge on any atom is -0.233 e. The van der Waals surface area contributed by atoms with Gasteiger partial charge in [-0.1, -0.05) is 62.4 Å². The highest BCUT2D eigenvalue weighted by molar-refractivity contribution is 8.15. The number of hydrogen-bond donors (Lipinski definition) is 0. The van der Waals surface area contributed by atoms with Crippen molar-refractivity contribution in [2.75, 3.05) is 0 Å². The average molecular weight is 302 g/mol. The minimum atomic E-state index is -1.35. The Morgan fingerprint density at radius 3 is 2.40 bits per heavy atom. The normalized spacial score (nSPS) is 16.9. The molecule has 0 unspecified atom stereocenters. The molecule has 1 aliphatic carbocycles. The Morgan fingerprint density at radius 1 is 1.15 bits per heavy atom. The zero-order valence-corrected chi connectivity index (χ0v) is 14.5. The van der Waals surface area contributed by atoms with Gasteiger partial charge in [-0.05, 0) is 30.9 Å². The van der Waals surface area contributed by atoms with Crippen molar-refractivity contribution in [2.45, 2.75) is 50.6 Å². The van der Waals surface area contributed by atoms with Gasteiger partial charge in [0, 0.05) is 5.25 Å². The Hall–Kier alpha value is -0.983. The lowest BCUT2D eigenvalue weighted by Crippen LogP contribution is -2.17. The molecule has 1 nitrogen and oxygen atoms in total. The number of para-hydroxylation sites is 1. The second kappa shape index (κ2) is 7.15. The van der Waals surface area contributed by atoms with Crippen molar-refractivity contribution in [3.05, 3.63) is 30.3 Å². The lowest BCUT2D eigenvalue weighted by Gasteiger charge is -2.08. The zero-order valence-electron chi connectivity index (χ0n) is 12.6. The van der Waals surface area contributed by atoms with Gasteiger partial charge in [-0.2, -0.15) is 0 Å². The quantitative estimate of drug-likeness (QED) is 0.313. The third kappa shape index (κ3) is 5.56. The van der Waals surface area contributed by atoms with Crippen LogP contribution in [0.5, 0.6) is 0 Å². The molecule has 0 radical (unpaired) electrons. The first-order valence-corrected chi connectivity index (χ1v) is 11.7. The Kier molecular flexibility index (Phi) is 5.51. The number of rotatable bonds is 2. The molecule has 2 rings (SSSR count). The van der Waals surface area contributed by atoms with E-state index in [0.717, 1.165) is 10.7 Å². The molecule has 0 heterocycles. The Balaban J connectivity index is 2.18. The largest absolute Gasteiger partial charge is 0.233 e. The van der Waals surface area contributed by atoms with E-state index in [-0.39, 0.29) is 0 Å². The van der Waals surface area contributed by atoms with E-state index in [1.165, 1.54) is 25.7 Å². The van der Waals surface area contributed by atoms with Gasteiger partial charge in [0.15, 0.2) is 0 Å². The average Bonchev–Trinajstić information content (AvgIpc) is 2.89. The van der Waals surface area contributed by atoms with E-state index < -0.39 is 8.07 Å². The molecule has 0 aromatic heterocycles. The van der Waals surface area contributed by atoms with Gasteiger partial charge in [0.25, 0.3) is 0 Å². The van der Waals surface area contributed by atoms with Crippen LogP contribution < -0.4 is 0 Å². The zero-order chi connectivity index (χ0) is 14.4. The fourth-order valence-electron chi connectivity index (χ4n) is 2.11. The van der Waals surface area contributed by atoms with Gasteiger partial charge in [-0.3, -0.25) is 0 Å². The molecule has 1 fully saturated rings. The molecule has 106 valence electrons. The summed E-state index contributed by atoms with van der Waals surface area (Å²) in [6.45, 7) is 6.83. The molecule has 0 amide bonds. The van der Waals surface area contributed by atoms with Crippen molar-refractivity contribution in [2.24, 2.45) is 4.99 Å². The molecule has 0 atom stereocenters. The van der Waals surface area contributed by atoms with E-state index in [0.29, 0.717) is 5.25 Å². The summed E-state index contributed by atoms with van der Waals surface area (Å²) in [4.78, 5) is 4.75. The molecular weight excluding hydrogens is 278 g/mol. The maximum atomic E-state index is 4.75. The summed E-state index contributed by atoms with van der Waals surface area (Å²) < 4.78 is 0. The van der Waals surface area contributed by atoms with Crippen LogP contribution in [0.4, 0.5) is 5.69 Å². The van der Waals surface area contributed by atoms with Crippen molar-refractivity contribution < 1.29 is 0 Å². The summed E-state index contributed by atoms with van der Waals surface area (Å²) in [7, 11) is -1.35. The molecule has 0 spiro atoms. The molecule has 1 aromatic rings. The smallest absolute Gasteiger partial charge is 0.146 e. The number of thioether (sulfide) groups is 1. The van der Waals surface area contributed by atoms with Gasteiger partial charge in [0.1, 0.15) is 13.1 Å². The summed E-state index contributed by atoms with van der Waals surface area (Å²) in [5.74, 6) is 3.36. The van der Waals surface area contributed by atoms with E-state index in [4.69, 9.17) is 4.99 Å². The van der Waals surface area contributed by atoms with Crippen LogP contribution in [-0.2, 0) is 0 Å². The van der Waals surface area contributed by atoms with Crippen molar-refractivity contribution in [1.82, 2.24) is 0 Å². The van der Waals surface area contributed by atoms with Crippen molar-refractivity contribution >= 4 is 30.6 Å². The first-order chi connectivity index (χ1) is 9.53. The minimum absolute atomic E-state index is 0.716. The monoisotopic (exact) mass is 301 g/mol. The molecule has 0 bridgehead atoms. The summed E-state index contributed by atoms with van der Waals surface area (Å²) in [5, 5.41) is 1.72. The molecule has 0 saturated heterocycles. The van der Waals surface area contributed by atoms with Crippen LogP contribution in [0.25, 0.3) is 0 Å². The highest BCUT2D eigenvalue weighted by Crippen LogP contribution is 2.31. The maximum absolute atomic E-state index is 4.75. The molecule has 20 heavy (non-hydrogen) atoms. The second-order valence-electron chi connectivity index (χ2n) is 6.28. The van der Waals surface area contributed by atoms with Gasteiger partial charge in [0.05, 0.1) is 5.69 Å². The van der Waals surface area contributed by atoms with Crippen molar-refractivity contribution in [1.29, 1.82) is 0 Å². The van der Waals surface area contributed by atoms with Crippen molar-refractivity contribution in [3.63, 3.8) is 0 Å². The topological polar surface area (TPSA) is 12.4 Å². The first kappa shape index (κ1) is 15.4.